The van der Waals surface area contributed by atoms with Gasteiger partial charge in [0, 0.05) is 0 Å². The Morgan fingerprint density at radius 2 is 2.00 bits per heavy atom. The lowest BCUT2D eigenvalue weighted by Gasteiger charge is -2.28. The maximum Gasteiger partial charge on any atom is 0.104 e. The molecule has 2 heteroatoms. The molecule has 0 aliphatic carbocycles. The first-order valence-corrected chi connectivity index (χ1v) is 6.45. The molecule has 15 heavy (non-hydrogen) atoms. The van der Waals surface area contributed by atoms with Crippen LogP contribution >= 0.6 is 0 Å². The third-order valence-electron chi connectivity index (χ3n) is 3.33. The van der Waals surface area contributed by atoms with Gasteiger partial charge >= 0.3 is 0 Å². The van der Waals surface area contributed by atoms with Gasteiger partial charge in [-0.2, -0.15) is 0 Å². The molecule has 0 radical (unpaired) electrons. The van der Waals surface area contributed by atoms with Crippen molar-refractivity contribution < 1.29 is 9.47 Å². The van der Waals surface area contributed by atoms with Gasteiger partial charge in [0.25, 0.3) is 0 Å². The lowest BCUT2D eigenvalue weighted by atomic mass is 9.95. The van der Waals surface area contributed by atoms with Crippen LogP contribution in [0.5, 0.6) is 0 Å². The highest BCUT2D eigenvalue weighted by Crippen LogP contribution is 2.25. The van der Waals surface area contributed by atoms with Gasteiger partial charge in [0.2, 0.25) is 0 Å². The number of unbranched alkanes of at least 4 members (excludes halogenated alkanes) is 3. The molecule has 0 aromatic rings. The predicted octanol–water partition coefficient (Wildman–Crippen LogP) is 3.54. The number of ether oxygens (including phenoxy) is 2. The molecule has 1 heterocycles. The molecule has 0 bridgehead atoms. The second-order valence-corrected chi connectivity index (χ2v) is 4.88. The fraction of sp³-hybridized carbons (Fsp3) is 1.00. The Balaban J connectivity index is 2.11. The summed E-state index contributed by atoms with van der Waals surface area (Å²) in [5.74, 6) is 0. The average Bonchev–Trinajstić information content (AvgIpc) is 3.06. The highest BCUT2D eigenvalue weighted by Gasteiger charge is 2.28. The van der Waals surface area contributed by atoms with Crippen molar-refractivity contribution in [3.63, 3.8) is 0 Å². The first-order valence-electron chi connectivity index (χ1n) is 6.45. The predicted molar refractivity (Wildman–Crippen MR) is 63.1 cm³/mol. The summed E-state index contributed by atoms with van der Waals surface area (Å²) in [6.07, 6.45) is 7.98. The molecular formula is C13H26O2. The van der Waals surface area contributed by atoms with Gasteiger partial charge in [-0.3, -0.25) is 0 Å². The van der Waals surface area contributed by atoms with E-state index in [1.165, 1.54) is 32.1 Å². The molecule has 0 saturated carbocycles. The van der Waals surface area contributed by atoms with Crippen molar-refractivity contribution in [2.45, 2.75) is 71.0 Å². The van der Waals surface area contributed by atoms with Crippen LogP contribution in [0.1, 0.15) is 59.3 Å². The van der Waals surface area contributed by atoms with E-state index in [0.29, 0.717) is 6.10 Å². The Hall–Kier alpha value is -0.0800. The first-order chi connectivity index (χ1) is 7.20. The molecule has 1 saturated heterocycles. The maximum absolute atomic E-state index is 5.96. The minimum atomic E-state index is 0.0830. The standard InChI is InChI=1S/C13H26O2/c1-4-6-7-8-9-13(3,5-2)15-11-12-10-14-12/h12H,4-11H2,1-3H3. The molecule has 2 unspecified atom stereocenters. The average molecular weight is 214 g/mol. The molecular weight excluding hydrogens is 188 g/mol. The van der Waals surface area contributed by atoms with Gasteiger partial charge < -0.3 is 9.47 Å². The molecule has 1 fully saturated rings. The molecule has 0 N–H and O–H groups in total. The van der Waals surface area contributed by atoms with E-state index in [0.717, 1.165) is 19.6 Å². The zero-order valence-corrected chi connectivity index (χ0v) is 10.6. The maximum atomic E-state index is 5.96. The number of hydrogen-bond donors (Lipinski definition) is 0. The third kappa shape index (κ3) is 5.53. The lowest BCUT2D eigenvalue weighted by molar-refractivity contribution is -0.0477. The Morgan fingerprint density at radius 3 is 2.53 bits per heavy atom. The van der Waals surface area contributed by atoms with E-state index < -0.39 is 0 Å². The van der Waals surface area contributed by atoms with Crippen LogP contribution in [0.15, 0.2) is 0 Å². The van der Waals surface area contributed by atoms with E-state index >= 15 is 0 Å². The fourth-order valence-electron chi connectivity index (χ4n) is 1.74. The van der Waals surface area contributed by atoms with Gasteiger partial charge in [0.15, 0.2) is 0 Å². The van der Waals surface area contributed by atoms with Gasteiger partial charge in [0.1, 0.15) is 6.10 Å². The van der Waals surface area contributed by atoms with Gasteiger partial charge in [-0.05, 0) is 19.8 Å². The molecule has 2 atom stereocenters. The second kappa shape index (κ2) is 6.49. The van der Waals surface area contributed by atoms with Crippen molar-refractivity contribution in [1.29, 1.82) is 0 Å². The van der Waals surface area contributed by atoms with Gasteiger partial charge in [-0.15, -0.1) is 0 Å². The minimum absolute atomic E-state index is 0.0830. The van der Waals surface area contributed by atoms with Crippen molar-refractivity contribution in [3.8, 4) is 0 Å². The number of hydrogen-bond acceptors (Lipinski definition) is 2. The molecule has 1 aliphatic rings. The molecule has 2 nitrogen and oxygen atoms in total. The van der Waals surface area contributed by atoms with Crippen molar-refractivity contribution in [3.05, 3.63) is 0 Å². The molecule has 90 valence electrons. The summed E-state index contributed by atoms with van der Waals surface area (Å²) in [6, 6.07) is 0. The molecule has 0 aromatic heterocycles. The molecule has 1 rings (SSSR count). The van der Waals surface area contributed by atoms with E-state index in [2.05, 4.69) is 20.8 Å². The summed E-state index contributed by atoms with van der Waals surface area (Å²) in [7, 11) is 0. The summed E-state index contributed by atoms with van der Waals surface area (Å²) >= 11 is 0. The molecule has 0 aromatic carbocycles. The Labute approximate surface area is 94.3 Å². The van der Waals surface area contributed by atoms with Crippen LogP contribution in [-0.2, 0) is 9.47 Å². The van der Waals surface area contributed by atoms with E-state index in [-0.39, 0.29) is 5.60 Å². The lowest BCUT2D eigenvalue weighted by Crippen LogP contribution is -2.29. The molecule has 1 aliphatic heterocycles. The normalized spacial score (nSPS) is 23.8. The SMILES string of the molecule is CCCCCCC(C)(CC)OCC1CO1. The first kappa shape index (κ1) is 13.0. The Kier molecular flexibility index (Phi) is 5.62. The van der Waals surface area contributed by atoms with Crippen molar-refractivity contribution in [2.75, 3.05) is 13.2 Å². The van der Waals surface area contributed by atoms with Crippen LogP contribution in [0, 0.1) is 0 Å². The van der Waals surface area contributed by atoms with Crippen LogP contribution in [0.4, 0.5) is 0 Å². The second-order valence-electron chi connectivity index (χ2n) is 4.88. The van der Waals surface area contributed by atoms with Crippen molar-refractivity contribution in [2.24, 2.45) is 0 Å². The smallest absolute Gasteiger partial charge is 0.104 e. The summed E-state index contributed by atoms with van der Waals surface area (Å²) < 4.78 is 11.1. The van der Waals surface area contributed by atoms with E-state index in [1.807, 2.05) is 0 Å². The van der Waals surface area contributed by atoms with Crippen LogP contribution in [0.3, 0.4) is 0 Å². The number of rotatable bonds is 9. The van der Waals surface area contributed by atoms with Gasteiger partial charge in [0.05, 0.1) is 18.8 Å². The van der Waals surface area contributed by atoms with Crippen molar-refractivity contribution >= 4 is 0 Å². The van der Waals surface area contributed by atoms with Gasteiger partial charge in [-0.25, -0.2) is 0 Å². The number of epoxide rings is 1. The van der Waals surface area contributed by atoms with Crippen LogP contribution < -0.4 is 0 Å². The molecule has 0 spiro atoms. The Bertz CT molecular complexity index is 166. The molecule has 0 amide bonds. The quantitative estimate of drug-likeness (QED) is 0.432. The topological polar surface area (TPSA) is 21.8 Å². The summed E-state index contributed by atoms with van der Waals surface area (Å²) in [4.78, 5) is 0. The highest BCUT2D eigenvalue weighted by atomic mass is 16.6. The van der Waals surface area contributed by atoms with E-state index in [4.69, 9.17) is 9.47 Å². The Morgan fingerprint density at radius 1 is 1.27 bits per heavy atom. The van der Waals surface area contributed by atoms with Crippen LogP contribution in [-0.4, -0.2) is 24.9 Å². The third-order valence-corrected chi connectivity index (χ3v) is 3.33. The summed E-state index contributed by atoms with van der Waals surface area (Å²) in [5, 5.41) is 0. The zero-order valence-electron chi connectivity index (χ0n) is 10.6. The summed E-state index contributed by atoms with van der Waals surface area (Å²) in [6.45, 7) is 8.39. The van der Waals surface area contributed by atoms with Crippen LogP contribution in [0.2, 0.25) is 0 Å². The van der Waals surface area contributed by atoms with Crippen molar-refractivity contribution in [1.82, 2.24) is 0 Å². The van der Waals surface area contributed by atoms with E-state index in [1.54, 1.807) is 0 Å². The van der Waals surface area contributed by atoms with E-state index in [9.17, 15) is 0 Å². The monoisotopic (exact) mass is 214 g/mol. The van der Waals surface area contributed by atoms with Gasteiger partial charge in [-0.1, -0.05) is 39.5 Å². The largest absolute Gasteiger partial charge is 0.373 e. The highest BCUT2D eigenvalue weighted by molar-refractivity contribution is 4.76. The minimum Gasteiger partial charge on any atom is -0.373 e. The zero-order chi connectivity index (χ0) is 11.1. The fourth-order valence-corrected chi connectivity index (χ4v) is 1.74. The summed E-state index contributed by atoms with van der Waals surface area (Å²) in [5.41, 5.74) is 0.0830. The van der Waals surface area contributed by atoms with Crippen LogP contribution in [0.25, 0.3) is 0 Å².